The molecule has 1 aromatic carbocycles. The average molecular weight is 348 g/mol. The van der Waals surface area contributed by atoms with Crippen molar-refractivity contribution in [2.45, 2.75) is 18.3 Å². The summed E-state index contributed by atoms with van der Waals surface area (Å²) in [5, 5.41) is 7.39. The second kappa shape index (κ2) is 6.63. The third kappa shape index (κ3) is 3.18. The summed E-state index contributed by atoms with van der Waals surface area (Å²) in [6.07, 6.45) is 5.67. The van der Waals surface area contributed by atoms with Gasteiger partial charge in [0.1, 0.15) is 5.75 Å². The molecular formula is C20H20N4O2. The normalized spacial score (nSPS) is 14.7. The van der Waals surface area contributed by atoms with Crippen LogP contribution >= 0.6 is 0 Å². The molecule has 1 aliphatic carbocycles. The lowest BCUT2D eigenvalue weighted by molar-refractivity contribution is 0.0944. The zero-order chi connectivity index (χ0) is 18.0. The molecule has 0 bridgehead atoms. The molecule has 1 fully saturated rings. The number of benzene rings is 1. The van der Waals surface area contributed by atoms with Gasteiger partial charge in [0.25, 0.3) is 5.91 Å². The van der Waals surface area contributed by atoms with Gasteiger partial charge in [-0.15, -0.1) is 0 Å². The molecule has 6 heteroatoms. The third-order valence-corrected chi connectivity index (χ3v) is 4.81. The Hall–Kier alpha value is -3.15. The molecule has 26 heavy (non-hydrogen) atoms. The summed E-state index contributed by atoms with van der Waals surface area (Å²) in [7, 11) is 1.63. The molecule has 2 heterocycles. The van der Waals surface area contributed by atoms with Gasteiger partial charge in [0.15, 0.2) is 5.69 Å². The largest absolute Gasteiger partial charge is 0.497 e. The second-order valence-electron chi connectivity index (χ2n) is 6.52. The van der Waals surface area contributed by atoms with E-state index < -0.39 is 0 Å². The first-order valence-corrected chi connectivity index (χ1v) is 8.60. The first-order valence-electron chi connectivity index (χ1n) is 8.60. The molecule has 3 aromatic rings. The summed E-state index contributed by atoms with van der Waals surface area (Å²) in [4.78, 5) is 16.9. The van der Waals surface area contributed by atoms with Crippen molar-refractivity contribution in [2.24, 2.45) is 0 Å². The van der Waals surface area contributed by atoms with Crippen LogP contribution in [0.3, 0.4) is 0 Å². The van der Waals surface area contributed by atoms with Gasteiger partial charge in [-0.25, -0.2) is 4.68 Å². The van der Waals surface area contributed by atoms with Crippen LogP contribution in [0, 0.1) is 0 Å². The number of methoxy groups -OCH3 is 1. The smallest absolute Gasteiger partial charge is 0.271 e. The molecule has 0 saturated heterocycles. The van der Waals surface area contributed by atoms with Crippen molar-refractivity contribution in [3.05, 3.63) is 72.3 Å². The van der Waals surface area contributed by atoms with Crippen LogP contribution in [0.4, 0.5) is 0 Å². The second-order valence-corrected chi connectivity index (χ2v) is 6.52. The molecule has 0 unspecified atom stereocenters. The van der Waals surface area contributed by atoms with Crippen LogP contribution in [-0.4, -0.2) is 34.3 Å². The molecule has 1 saturated carbocycles. The van der Waals surface area contributed by atoms with E-state index in [4.69, 9.17) is 4.74 Å². The van der Waals surface area contributed by atoms with E-state index >= 15 is 0 Å². The SMILES string of the molecule is COc1ccc(-n2ccc(C(=O)NCC3(c4ccccn4)CC3)n2)cc1. The number of hydrogen-bond acceptors (Lipinski definition) is 4. The fourth-order valence-electron chi connectivity index (χ4n) is 3.01. The van der Waals surface area contributed by atoms with Crippen molar-refractivity contribution in [1.29, 1.82) is 0 Å². The van der Waals surface area contributed by atoms with Gasteiger partial charge in [-0.3, -0.25) is 9.78 Å². The fourth-order valence-corrected chi connectivity index (χ4v) is 3.01. The molecule has 1 aliphatic rings. The number of nitrogens with zero attached hydrogens (tertiary/aromatic N) is 3. The maximum absolute atomic E-state index is 12.5. The number of nitrogens with one attached hydrogen (secondary N) is 1. The molecule has 132 valence electrons. The van der Waals surface area contributed by atoms with Crippen molar-refractivity contribution >= 4 is 5.91 Å². The number of amides is 1. The topological polar surface area (TPSA) is 69.0 Å². The summed E-state index contributed by atoms with van der Waals surface area (Å²) in [5.74, 6) is 0.614. The maximum Gasteiger partial charge on any atom is 0.271 e. The van der Waals surface area contributed by atoms with Crippen molar-refractivity contribution in [1.82, 2.24) is 20.1 Å². The minimum atomic E-state index is -0.167. The van der Waals surface area contributed by atoms with Gasteiger partial charge in [-0.05, 0) is 55.3 Å². The lowest BCUT2D eigenvalue weighted by atomic mass is 10.0. The molecule has 1 amide bonds. The molecule has 0 atom stereocenters. The Kier molecular flexibility index (Phi) is 4.16. The zero-order valence-corrected chi connectivity index (χ0v) is 14.6. The van der Waals surface area contributed by atoms with Crippen LogP contribution in [0.15, 0.2) is 60.9 Å². The number of ether oxygens (including phenoxy) is 1. The van der Waals surface area contributed by atoms with E-state index in [9.17, 15) is 4.79 Å². The number of rotatable bonds is 6. The first kappa shape index (κ1) is 16.3. The summed E-state index contributed by atoms with van der Waals surface area (Å²) in [6.45, 7) is 0.582. The van der Waals surface area contributed by atoms with Crippen LogP contribution in [0.25, 0.3) is 5.69 Å². The van der Waals surface area contributed by atoms with Crippen molar-refractivity contribution in [2.75, 3.05) is 13.7 Å². The van der Waals surface area contributed by atoms with Gasteiger partial charge in [0.05, 0.1) is 12.8 Å². The Morgan fingerprint density at radius 3 is 2.65 bits per heavy atom. The molecule has 0 spiro atoms. The van der Waals surface area contributed by atoms with Crippen LogP contribution in [0.1, 0.15) is 29.0 Å². The number of carbonyl (C=O) groups is 1. The standard InChI is InChI=1S/C20H20N4O2/c1-26-16-7-5-15(6-8-16)24-13-9-17(23-24)19(25)22-14-20(10-11-20)18-4-2-3-12-21-18/h2-9,12-13H,10-11,14H2,1H3,(H,22,25). The number of hydrogen-bond donors (Lipinski definition) is 1. The molecule has 6 nitrogen and oxygen atoms in total. The highest BCUT2D eigenvalue weighted by Gasteiger charge is 2.45. The van der Waals surface area contributed by atoms with Crippen molar-refractivity contribution in [3.63, 3.8) is 0 Å². The molecule has 0 aliphatic heterocycles. The Labute approximate surface area is 151 Å². The van der Waals surface area contributed by atoms with Crippen LogP contribution in [0.5, 0.6) is 5.75 Å². The van der Waals surface area contributed by atoms with E-state index in [0.717, 1.165) is 30.0 Å². The van der Waals surface area contributed by atoms with Gasteiger partial charge in [-0.1, -0.05) is 6.07 Å². The van der Waals surface area contributed by atoms with Gasteiger partial charge in [0, 0.05) is 30.0 Å². The monoisotopic (exact) mass is 348 g/mol. The average Bonchev–Trinajstić information content (AvgIpc) is 3.34. The molecular weight excluding hydrogens is 328 g/mol. The Morgan fingerprint density at radius 1 is 1.19 bits per heavy atom. The summed E-state index contributed by atoms with van der Waals surface area (Å²) in [5.41, 5.74) is 2.30. The predicted octanol–water partition coefficient (Wildman–Crippen LogP) is 2.74. The van der Waals surface area contributed by atoms with E-state index in [1.807, 2.05) is 42.5 Å². The fraction of sp³-hybridized carbons (Fsp3) is 0.250. The zero-order valence-electron chi connectivity index (χ0n) is 14.6. The van der Waals surface area contributed by atoms with E-state index in [1.54, 1.807) is 30.3 Å². The van der Waals surface area contributed by atoms with E-state index in [0.29, 0.717) is 12.2 Å². The van der Waals surface area contributed by atoms with Crippen LogP contribution in [-0.2, 0) is 5.41 Å². The number of carbonyl (C=O) groups excluding carboxylic acids is 1. The molecule has 4 rings (SSSR count). The minimum absolute atomic E-state index is 0.0184. The molecule has 1 N–H and O–H groups in total. The summed E-state index contributed by atoms with van der Waals surface area (Å²) >= 11 is 0. The summed E-state index contributed by atoms with van der Waals surface area (Å²) in [6, 6.07) is 15.2. The Morgan fingerprint density at radius 2 is 2.00 bits per heavy atom. The van der Waals surface area contributed by atoms with Gasteiger partial charge < -0.3 is 10.1 Å². The van der Waals surface area contributed by atoms with Gasteiger partial charge in [-0.2, -0.15) is 5.10 Å². The Balaban J connectivity index is 1.42. The van der Waals surface area contributed by atoms with Crippen molar-refractivity contribution in [3.8, 4) is 11.4 Å². The quantitative estimate of drug-likeness (QED) is 0.744. The van der Waals surface area contributed by atoms with Gasteiger partial charge in [0.2, 0.25) is 0 Å². The van der Waals surface area contributed by atoms with E-state index in [2.05, 4.69) is 15.4 Å². The van der Waals surface area contributed by atoms with Crippen LogP contribution in [0.2, 0.25) is 0 Å². The first-order chi connectivity index (χ1) is 12.7. The molecule has 2 aromatic heterocycles. The number of aromatic nitrogens is 3. The molecule has 0 radical (unpaired) electrons. The highest BCUT2D eigenvalue weighted by Crippen LogP contribution is 2.46. The number of pyridine rings is 1. The van der Waals surface area contributed by atoms with Crippen molar-refractivity contribution < 1.29 is 9.53 Å². The lowest BCUT2D eigenvalue weighted by Gasteiger charge is -2.14. The Bertz CT molecular complexity index is 899. The highest BCUT2D eigenvalue weighted by atomic mass is 16.5. The lowest BCUT2D eigenvalue weighted by Crippen LogP contribution is -2.33. The van der Waals surface area contributed by atoms with Crippen LogP contribution < -0.4 is 10.1 Å². The highest BCUT2D eigenvalue weighted by molar-refractivity contribution is 5.92. The maximum atomic E-state index is 12.5. The van der Waals surface area contributed by atoms with E-state index in [1.165, 1.54) is 0 Å². The summed E-state index contributed by atoms with van der Waals surface area (Å²) < 4.78 is 6.84. The van der Waals surface area contributed by atoms with E-state index in [-0.39, 0.29) is 11.3 Å². The minimum Gasteiger partial charge on any atom is -0.497 e. The van der Waals surface area contributed by atoms with Gasteiger partial charge >= 0.3 is 0 Å². The third-order valence-electron chi connectivity index (χ3n) is 4.81. The predicted molar refractivity (Wildman–Crippen MR) is 97.6 cm³/mol.